The molecule has 186 valence electrons. The quantitative estimate of drug-likeness (QED) is 0.188. The molecule has 1 atom stereocenters. The Balaban J connectivity index is 1.82. The van der Waals surface area contributed by atoms with E-state index in [0.717, 1.165) is 0 Å². The second-order valence-corrected chi connectivity index (χ2v) is 7.97. The number of ether oxygens (including phenoxy) is 3. The van der Waals surface area contributed by atoms with Gasteiger partial charge >= 0.3 is 0 Å². The van der Waals surface area contributed by atoms with Crippen molar-refractivity contribution in [3.63, 3.8) is 0 Å². The van der Waals surface area contributed by atoms with Gasteiger partial charge in [-0.3, -0.25) is 9.59 Å². The summed E-state index contributed by atoms with van der Waals surface area (Å²) >= 11 is 0. The zero-order valence-corrected chi connectivity index (χ0v) is 20.1. The van der Waals surface area contributed by atoms with Gasteiger partial charge in [0.25, 0.3) is 11.7 Å². The molecular weight excluding hydrogens is 462 g/mol. The highest BCUT2D eigenvalue weighted by Gasteiger charge is 2.46. The van der Waals surface area contributed by atoms with Gasteiger partial charge in [0.15, 0.2) is 11.5 Å². The lowest BCUT2D eigenvalue weighted by molar-refractivity contribution is -0.140. The number of Topliss-reactive ketones (excluding diaryl/α,β-unsaturated/α-hetero) is 1. The molecule has 0 aliphatic carbocycles. The van der Waals surface area contributed by atoms with Gasteiger partial charge < -0.3 is 28.6 Å². The molecule has 1 fully saturated rings. The van der Waals surface area contributed by atoms with Gasteiger partial charge in [-0.25, -0.2) is 0 Å². The molecule has 3 aromatic rings. The number of carbonyl (C=O) groups is 2. The van der Waals surface area contributed by atoms with E-state index in [1.165, 1.54) is 18.3 Å². The summed E-state index contributed by atoms with van der Waals surface area (Å²) in [6.45, 7) is 6.30. The molecule has 0 unspecified atom stereocenters. The molecule has 2 aromatic carbocycles. The first kappa shape index (κ1) is 24.7. The molecule has 8 heteroatoms. The Bertz CT molecular complexity index is 1280. The molecule has 0 saturated carbocycles. The van der Waals surface area contributed by atoms with Crippen LogP contribution in [0.5, 0.6) is 17.2 Å². The number of ketones is 1. The zero-order chi connectivity index (χ0) is 25.7. The molecule has 36 heavy (non-hydrogen) atoms. The predicted molar refractivity (Wildman–Crippen MR) is 133 cm³/mol. The Hall–Kier alpha value is -4.46. The van der Waals surface area contributed by atoms with Crippen molar-refractivity contribution in [3.05, 3.63) is 96.0 Å². The molecule has 1 N–H and O–H groups in total. The van der Waals surface area contributed by atoms with Crippen molar-refractivity contribution in [3.8, 4) is 17.2 Å². The average molecular weight is 490 g/mol. The van der Waals surface area contributed by atoms with Gasteiger partial charge in [0.2, 0.25) is 0 Å². The molecule has 4 rings (SSSR count). The summed E-state index contributed by atoms with van der Waals surface area (Å²) in [6.07, 6.45) is 3.12. The number of benzene rings is 2. The van der Waals surface area contributed by atoms with Crippen molar-refractivity contribution < 1.29 is 33.3 Å². The van der Waals surface area contributed by atoms with Crippen LogP contribution in [0.1, 0.15) is 29.9 Å². The van der Waals surface area contributed by atoms with Crippen LogP contribution in [-0.2, 0) is 16.1 Å². The first-order chi connectivity index (χ1) is 17.5. The predicted octanol–water partition coefficient (Wildman–Crippen LogP) is 4.87. The van der Waals surface area contributed by atoms with Gasteiger partial charge in [0.1, 0.15) is 23.9 Å². The third-order valence-electron chi connectivity index (χ3n) is 5.75. The number of aliphatic hydroxyl groups is 1. The van der Waals surface area contributed by atoms with E-state index in [1.807, 2.05) is 6.92 Å². The smallest absolute Gasteiger partial charge is 0.296 e. The van der Waals surface area contributed by atoms with E-state index in [4.69, 9.17) is 18.6 Å². The Morgan fingerprint density at radius 2 is 1.89 bits per heavy atom. The summed E-state index contributed by atoms with van der Waals surface area (Å²) < 4.78 is 22.0. The monoisotopic (exact) mass is 489 g/mol. The molecule has 2 heterocycles. The van der Waals surface area contributed by atoms with E-state index in [1.54, 1.807) is 60.7 Å². The standard InChI is InChI=1S/C28H27NO7/c1-4-14-35-20-11-8-18(9-12-20)26(30)24-25(19-10-13-22(34-5-2)23(16-19)33-3)29(28(32)27(24)31)17-21-7-6-15-36-21/h4,6-13,15-16,25,30H,1,5,14,17H2,2-3H3/t25-/m1/s1. The lowest BCUT2D eigenvalue weighted by Crippen LogP contribution is -2.29. The maximum absolute atomic E-state index is 13.2. The highest BCUT2D eigenvalue weighted by atomic mass is 16.5. The van der Waals surface area contributed by atoms with E-state index < -0.39 is 17.7 Å². The van der Waals surface area contributed by atoms with Crippen LogP contribution in [0.15, 0.2) is 83.5 Å². The van der Waals surface area contributed by atoms with E-state index in [9.17, 15) is 14.7 Å². The average Bonchev–Trinajstić information content (AvgIpc) is 3.50. The number of furan rings is 1. The molecule has 1 amide bonds. The van der Waals surface area contributed by atoms with Crippen LogP contribution in [0.3, 0.4) is 0 Å². The van der Waals surface area contributed by atoms with Crippen molar-refractivity contribution in [2.45, 2.75) is 19.5 Å². The third-order valence-corrected chi connectivity index (χ3v) is 5.75. The van der Waals surface area contributed by atoms with E-state index >= 15 is 0 Å². The molecule has 1 aromatic heterocycles. The Labute approximate surface area is 209 Å². The summed E-state index contributed by atoms with van der Waals surface area (Å²) in [5, 5.41) is 11.3. The molecule has 1 saturated heterocycles. The van der Waals surface area contributed by atoms with Gasteiger partial charge in [0.05, 0.1) is 38.1 Å². The summed E-state index contributed by atoms with van der Waals surface area (Å²) in [7, 11) is 1.51. The number of hydrogen-bond donors (Lipinski definition) is 1. The maximum atomic E-state index is 13.2. The van der Waals surface area contributed by atoms with Crippen LogP contribution >= 0.6 is 0 Å². The minimum Gasteiger partial charge on any atom is -0.507 e. The lowest BCUT2D eigenvalue weighted by atomic mass is 9.95. The fourth-order valence-corrected chi connectivity index (χ4v) is 4.11. The number of rotatable bonds is 10. The van der Waals surface area contributed by atoms with Crippen LogP contribution in [0.25, 0.3) is 5.76 Å². The molecule has 0 spiro atoms. The Morgan fingerprint density at radius 1 is 1.11 bits per heavy atom. The van der Waals surface area contributed by atoms with Crippen molar-refractivity contribution >= 4 is 17.4 Å². The number of amides is 1. The SMILES string of the molecule is C=CCOc1ccc(C(O)=C2C(=O)C(=O)N(Cc3ccco3)[C@@H]2c2ccc(OCC)c(OC)c2)cc1. The topological polar surface area (TPSA) is 98.4 Å². The first-order valence-electron chi connectivity index (χ1n) is 11.4. The Morgan fingerprint density at radius 3 is 2.53 bits per heavy atom. The molecule has 8 nitrogen and oxygen atoms in total. The van der Waals surface area contributed by atoms with Gasteiger partial charge in [0, 0.05) is 5.56 Å². The summed E-state index contributed by atoms with van der Waals surface area (Å²) in [4.78, 5) is 27.8. The molecule has 0 bridgehead atoms. The Kier molecular flexibility index (Phi) is 7.44. The van der Waals surface area contributed by atoms with Crippen LogP contribution < -0.4 is 14.2 Å². The molecule has 0 radical (unpaired) electrons. The van der Waals surface area contributed by atoms with Crippen LogP contribution in [0.4, 0.5) is 0 Å². The fourth-order valence-electron chi connectivity index (χ4n) is 4.11. The highest BCUT2D eigenvalue weighted by molar-refractivity contribution is 6.46. The highest BCUT2D eigenvalue weighted by Crippen LogP contribution is 2.42. The number of carbonyl (C=O) groups excluding carboxylic acids is 2. The van der Waals surface area contributed by atoms with Gasteiger partial charge in [-0.2, -0.15) is 0 Å². The van der Waals surface area contributed by atoms with Crippen molar-refractivity contribution in [2.75, 3.05) is 20.3 Å². The van der Waals surface area contributed by atoms with Crippen molar-refractivity contribution in [1.29, 1.82) is 0 Å². The van der Waals surface area contributed by atoms with Crippen molar-refractivity contribution in [2.24, 2.45) is 0 Å². The number of likely N-dealkylation sites (tertiary alicyclic amines) is 1. The zero-order valence-electron chi connectivity index (χ0n) is 20.1. The van der Waals surface area contributed by atoms with E-state index in [0.29, 0.717) is 47.3 Å². The summed E-state index contributed by atoms with van der Waals surface area (Å²) in [5.74, 6) is 0.244. The first-order valence-corrected chi connectivity index (χ1v) is 11.4. The van der Waals surface area contributed by atoms with Gasteiger partial charge in [-0.05, 0) is 61.0 Å². The largest absolute Gasteiger partial charge is 0.507 e. The number of hydrogen-bond acceptors (Lipinski definition) is 7. The fraction of sp³-hybridized carbons (Fsp3) is 0.214. The van der Waals surface area contributed by atoms with Gasteiger partial charge in [-0.15, -0.1) is 0 Å². The van der Waals surface area contributed by atoms with Gasteiger partial charge in [-0.1, -0.05) is 18.7 Å². The number of nitrogens with zero attached hydrogens (tertiary/aromatic N) is 1. The minimum absolute atomic E-state index is 0.0301. The number of aliphatic hydroxyl groups excluding tert-OH is 1. The molecular formula is C28H27NO7. The van der Waals surface area contributed by atoms with E-state index in [-0.39, 0.29) is 17.9 Å². The molecule has 1 aliphatic rings. The minimum atomic E-state index is -0.878. The normalized spacial score (nSPS) is 16.7. The number of methoxy groups -OCH3 is 1. The van der Waals surface area contributed by atoms with Crippen LogP contribution in [0.2, 0.25) is 0 Å². The molecule has 1 aliphatic heterocycles. The van der Waals surface area contributed by atoms with Crippen molar-refractivity contribution in [1.82, 2.24) is 4.90 Å². The lowest BCUT2D eigenvalue weighted by Gasteiger charge is -2.25. The van der Waals surface area contributed by atoms with Crippen LogP contribution in [0, 0.1) is 0 Å². The summed E-state index contributed by atoms with van der Waals surface area (Å²) in [6, 6.07) is 14.3. The summed E-state index contributed by atoms with van der Waals surface area (Å²) in [5.41, 5.74) is 0.922. The van der Waals surface area contributed by atoms with E-state index in [2.05, 4.69) is 6.58 Å². The third kappa shape index (κ3) is 4.84. The maximum Gasteiger partial charge on any atom is 0.296 e. The van der Waals surface area contributed by atoms with Crippen LogP contribution in [-0.4, -0.2) is 42.0 Å². The second-order valence-electron chi connectivity index (χ2n) is 7.97. The second kappa shape index (κ2) is 10.9.